The van der Waals surface area contributed by atoms with Crippen molar-refractivity contribution in [2.45, 2.75) is 20.1 Å². The van der Waals surface area contributed by atoms with Crippen molar-refractivity contribution in [3.05, 3.63) is 0 Å². The van der Waals surface area contributed by atoms with Crippen LogP contribution in [-0.2, 0) is 0 Å². The van der Waals surface area contributed by atoms with E-state index >= 15 is 0 Å². The van der Waals surface area contributed by atoms with Gasteiger partial charge in [-0.2, -0.15) is 0 Å². The zero-order valence-corrected chi connectivity index (χ0v) is 5.02. The van der Waals surface area contributed by atoms with Crippen molar-refractivity contribution in [1.82, 2.24) is 0 Å². The van der Waals surface area contributed by atoms with Crippen molar-refractivity contribution >= 4 is 27.7 Å². The molecule has 0 aromatic heterocycles. The Balaban J connectivity index is 3.16. The zero-order chi connectivity index (χ0) is 5.70. The van der Waals surface area contributed by atoms with E-state index in [0.29, 0.717) is 6.60 Å². The van der Waals surface area contributed by atoms with Crippen molar-refractivity contribution in [2.24, 2.45) is 0 Å². The third-order valence-corrected chi connectivity index (χ3v) is 1.08. The molecule has 0 amide bonds. The molecule has 0 aromatic rings. The van der Waals surface area contributed by atoms with Crippen LogP contribution in [0.25, 0.3) is 0 Å². The molecule has 0 saturated heterocycles. The van der Waals surface area contributed by atoms with Crippen LogP contribution in [0.1, 0.15) is 6.92 Å². The van der Waals surface area contributed by atoms with Gasteiger partial charge in [0.1, 0.15) is 0 Å². The second-order valence-corrected chi connectivity index (χ2v) is 1.77. The predicted octanol–water partition coefficient (Wildman–Crippen LogP) is 0.0345. The van der Waals surface area contributed by atoms with Crippen LogP contribution in [0.3, 0.4) is 0 Å². The Morgan fingerprint density at radius 2 is 2.29 bits per heavy atom. The number of hydrogen-bond donors (Lipinski definition) is 0. The van der Waals surface area contributed by atoms with Crippen LogP contribution >= 0.6 is 0 Å². The monoisotopic (exact) mass is 88.1 g/mol. The van der Waals surface area contributed by atoms with Crippen molar-refractivity contribution in [1.29, 1.82) is 0 Å². The molecule has 4 heteroatoms. The fourth-order valence-electron chi connectivity index (χ4n) is 0.326. The van der Waals surface area contributed by atoms with E-state index in [1.807, 2.05) is 6.69 Å². The van der Waals surface area contributed by atoms with Gasteiger partial charge in [-0.25, -0.2) is 0 Å². The third kappa shape index (κ3) is 4.11. The van der Waals surface area contributed by atoms with E-state index in [4.69, 9.17) is 7.74 Å². The summed E-state index contributed by atoms with van der Waals surface area (Å²) in [6, 6.07) is 0. The average molecular weight is 87.3 g/mol. The Labute approximate surface area is 48.6 Å². The van der Waals surface area contributed by atoms with Crippen molar-refractivity contribution in [3.8, 4) is 0 Å². The molecule has 0 rings (SSSR count). The molecule has 0 spiro atoms. The van der Waals surface area contributed by atoms with E-state index in [1.54, 1.807) is 6.69 Å². The molecule has 0 nitrogen and oxygen atoms in total. The molecule has 0 unspecified atom stereocenters. The van der Waals surface area contributed by atoms with Crippen molar-refractivity contribution in [3.63, 3.8) is 0 Å². The van der Waals surface area contributed by atoms with Gasteiger partial charge in [-0.1, -0.05) is 0 Å². The summed E-state index contributed by atoms with van der Waals surface area (Å²) in [5.41, 5.74) is 0. The van der Waals surface area contributed by atoms with Crippen LogP contribution < -0.4 is 0 Å². The normalized spacial score (nSPS) is 7.71. The Bertz CT molecular complexity index is 60.0. The Morgan fingerprint density at radius 1 is 1.71 bits per heavy atom. The van der Waals surface area contributed by atoms with E-state index in [1.165, 1.54) is 6.32 Å². The van der Waals surface area contributed by atoms with E-state index in [-0.39, 0.29) is 0 Å². The van der Waals surface area contributed by atoms with Crippen molar-refractivity contribution in [2.75, 3.05) is 0 Å². The standard InChI is InChI=1S/C3H8B4/c1-3-7(2)6-5-4/h3H2,1-2H3. The molecule has 0 N–H and O–H groups in total. The van der Waals surface area contributed by atoms with Crippen LogP contribution in [0.4, 0.5) is 0 Å². The van der Waals surface area contributed by atoms with Gasteiger partial charge >= 0.3 is 47.8 Å². The molecule has 2 radical (unpaired) electrons. The number of hydrogen-bond acceptors (Lipinski definition) is 0. The van der Waals surface area contributed by atoms with E-state index in [0.717, 1.165) is 0 Å². The first-order valence-corrected chi connectivity index (χ1v) is 2.69. The quantitative estimate of drug-likeness (QED) is 0.417. The number of rotatable bonds is 2. The van der Waals surface area contributed by atoms with Gasteiger partial charge in [-0.15, -0.1) is 0 Å². The van der Waals surface area contributed by atoms with Crippen molar-refractivity contribution < 1.29 is 0 Å². The van der Waals surface area contributed by atoms with E-state index in [2.05, 4.69) is 13.7 Å². The van der Waals surface area contributed by atoms with Gasteiger partial charge in [0.15, 0.2) is 0 Å². The van der Waals surface area contributed by atoms with Gasteiger partial charge in [-0.3, -0.25) is 0 Å². The first-order valence-electron chi connectivity index (χ1n) is 2.69. The summed E-state index contributed by atoms with van der Waals surface area (Å²) in [5, 5.41) is 0. The van der Waals surface area contributed by atoms with Crippen LogP contribution in [-0.4, -0.2) is 27.7 Å². The summed E-state index contributed by atoms with van der Waals surface area (Å²) in [6.45, 7) is 8.53. The maximum atomic E-state index is 5.12. The van der Waals surface area contributed by atoms with Gasteiger partial charge in [0.2, 0.25) is 0 Å². The van der Waals surface area contributed by atoms with Gasteiger partial charge in [-0.05, 0) is 0 Å². The first kappa shape index (κ1) is 7.26. The summed E-state index contributed by atoms with van der Waals surface area (Å²) in [7, 11) is 5.12. The summed E-state index contributed by atoms with van der Waals surface area (Å²) in [4.78, 5) is 0. The molecular weight excluding hydrogens is 79.3 g/mol. The van der Waals surface area contributed by atoms with E-state index < -0.39 is 0 Å². The zero-order valence-electron chi connectivity index (χ0n) is 5.02. The molecule has 0 aliphatic carbocycles. The molecule has 0 aliphatic heterocycles. The Morgan fingerprint density at radius 3 is 2.43 bits per heavy atom. The second kappa shape index (κ2) is 4.42. The molecule has 0 bridgehead atoms. The minimum atomic E-state index is 0.644. The van der Waals surface area contributed by atoms with Crippen LogP contribution in [0.5, 0.6) is 0 Å². The van der Waals surface area contributed by atoms with Crippen LogP contribution in [0, 0.1) is 0 Å². The summed E-state index contributed by atoms with van der Waals surface area (Å²) in [5.74, 6) is 0. The summed E-state index contributed by atoms with van der Waals surface area (Å²) in [6.07, 6.45) is 1.17. The third-order valence-electron chi connectivity index (χ3n) is 1.08. The Kier molecular flexibility index (Phi) is 4.58. The second-order valence-electron chi connectivity index (χ2n) is 1.77. The topological polar surface area (TPSA) is 0 Å². The van der Waals surface area contributed by atoms with Gasteiger partial charge in [0.25, 0.3) is 0 Å². The molecule has 0 fully saturated rings. The molecule has 0 atom stereocenters. The first-order chi connectivity index (χ1) is 3.31. The SMILES string of the molecule is [B]B=BB(C)CC. The molecule has 32 valence electrons. The predicted molar refractivity (Wildman–Crippen MR) is 39.4 cm³/mol. The van der Waals surface area contributed by atoms with Crippen LogP contribution in [0.2, 0.25) is 13.1 Å². The summed E-state index contributed by atoms with van der Waals surface area (Å²) >= 11 is 0. The van der Waals surface area contributed by atoms with Gasteiger partial charge < -0.3 is 0 Å². The molecule has 0 aliphatic rings. The van der Waals surface area contributed by atoms with Crippen LogP contribution in [0.15, 0.2) is 0 Å². The maximum absolute atomic E-state index is 5.12. The average Bonchev–Trinajstić information content (AvgIpc) is 1.68. The summed E-state index contributed by atoms with van der Waals surface area (Å²) < 4.78 is 0. The fourth-order valence-corrected chi connectivity index (χ4v) is 0.326. The van der Waals surface area contributed by atoms with Gasteiger partial charge in [0, 0.05) is 0 Å². The fraction of sp³-hybridized carbons (Fsp3) is 1.00. The molecule has 7 heavy (non-hydrogen) atoms. The minimum absolute atomic E-state index is 0.644. The molecule has 0 heterocycles. The molecule has 0 aromatic carbocycles. The van der Waals surface area contributed by atoms with Gasteiger partial charge in [0.05, 0.1) is 0 Å². The molecular formula is C3H8B4. The van der Waals surface area contributed by atoms with E-state index in [9.17, 15) is 0 Å². The molecule has 0 saturated carbocycles. The Hall–Kier alpha value is 0.260.